The van der Waals surface area contributed by atoms with E-state index in [0.717, 1.165) is 22.3 Å². The fourth-order valence-electron chi connectivity index (χ4n) is 2.90. The number of nitrogens with zero attached hydrogens (tertiary/aromatic N) is 3. The zero-order chi connectivity index (χ0) is 14.6. The summed E-state index contributed by atoms with van der Waals surface area (Å²) in [6, 6.07) is 7.66. The first-order valence-electron chi connectivity index (χ1n) is 6.65. The number of carbonyl (C=O) groups excluding carboxylic acids is 1. The Kier molecular flexibility index (Phi) is 2.29. The summed E-state index contributed by atoms with van der Waals surface area (Å²) in [6.07, 6.45) is 3.20. The van der Waals surface area contributed by atoms with Crippen LogP contribution in [0.15, 0.2) is 36.8 Å². The van der Waals surface area contributed by atoms with Crippen molar-refractivity contribution in [2.45, 2.75) is 12.8 Å². The summed E-state index contributed by atoms with van der Waals surface area (Å²) in [6.45, 7) is 1.91. The third kappa shape index (κ3) is 1.56. The second-order valence-corrected chi connectivity index (χ2v) is 5.16. The number of hydrogen-bond donors (Lipinski definition) is 2. The van der Waals surface area contributed by atoms with E-state index in [1.807, 2.05) is 31.2 Å². The second-order valence-electron chi connectivity index (χ2n) is 5.16. The second kappa shape index (κ2) is 4.05. The molecule has 0 bridgehead atoms. The number of aryl methyl sites for hydroxylation is 1. The van der Waals surface area contributed by atoms with E-state index < -0.39 is 5.92 Å². The van der Waals surface area contributed by atoms with Gasteiger partial charge in [-0.1, -0.05) is 18.2 Å². The summed E-state index contributed by atoms with van der Waals surface area (Å²) < 4.78 is 1.68. The number of rotatable bonds is 1. The highest BCUT2D eigenvalue weighted by atomic mass is 16.2. The lowest BCUT2D eigenvalue weighted by atomic mass is 9.95. The number of fused-ring (bicyclic) bond motifs is 2. The third-order valence-corrected chi connectivity index (χ3v) is 3.96. The Labute approximate surface area is 120 Å². The Bertz CT molecular complexity index is 883. The van der Waals surface area contributed by atoms with E-state index in [2.05, 4.69) is 15.4 Å². The zero-order valence-corrected chi connectivity index (χ0v) is 11.4. The molecule has 104 valence electrons. The molecule has 3 heterocycles. The Morgan fingerprint density at radius 2 is 2.14 bits per heavy atom. The van der Waals surface area contributed by atoms with Crippen LogP contribution in [0.4, 0.5) is 11.4 Å². The molecule has 0 saturated carbocycles. The fraction of sp³-hybridized carbons (Fsp3) is 0.133. The van der Waals surface area contributed by atoms with E-state index in [1.165, 1.54) is 6.33 Å². The molecule has 6 nitrogen and oxygen atoms in total. The highest BCUT2D eigenvalue weighted by Gasteiger charge is 2.34. The lowest BCUT2D eigenvalue weighted by Crippen LogP contribution is -2.16. The number of hydrogen-bond acceptors (Lipinski definition) is 4. The maximum Gasteiger partial charge on any atom is 0.238 e. The van der Waals surface area contributed by atoms with Crippen molar-refractivity contribution in [1.82, 2.24) is 14.6 Å². The molecule has 4 rings (SSSR count). The van der Waals surface area contributed by atoms with Gasteiger partial charge in [-0.05, 0) is 18.6 Å². The molecular formula is C15H13N5O. The minimum atomic E-state index is -0.431. The average Bonchev–Trinajstić information content (AvgIpc) is 2.96. The minimum absolute atomic E-state index is 0.0732. The summed E-state index contributed by atoms with van der Waals surface area (Å²) in [7, 11) is 0. The molecule has 1 aliphatic rings. The molecule has 1 aromatic carbocycles. The molecule has 1 atom stereocenters. The van der Waals surface area contributed by atoms with Gasteiger partial charge in [-0.25, -0.2) is 9.50 Å². The van der Waals surface area contributed by atoms with E-state index in [-0.39, 0.29) is 5.91 Å². The van der Waals surface area contributed by atoms with Crippen molar-refractivity contribution in [3.63, 3.8) is 0 Å². The van der Waals surface area contributed by atoms with E-state index in [4.69, 9.17) is 5.73 Å². The number of carbonyl (C=O) groups is 1. The predicted molar refractivity (Wildman–Crippen MR) is 79.1 cm³/mol. The molecule has 1 amide bonds. The molecule has 0 spiro atoms. The number of amides is 1. The van der Waals surface area contributed by atoms with Gasteiger partial charge in [-0.15, -0.1) is 0 Å². The summed E-state index contributed by atoms with van der Waals surface area (Å²) in [5.41, 5.74) is 10.7. The van der Waals surface area contributed by atoms with Gasteiger partial charge in [0.05, 0.1) is 23.1 Å². The summed E-state index contributed by atoms with van der Waals surface area (Å²) in [4.78, 5) is 16.7. The van der Waals surface area contributed by atoms with Gasteiger partial charge in [0.1, 0.15) is 12.2 Å². The van der Waals surface area contributed by atoms with Crippen molar-refractivity contribution in [2.75, 3.05) is 11.1 Å². The maximum absolute atomic E-state index is 12.4. The van der Waals surface area contributed by atoms with Gasteiger partial charge in [0.2, 0.25) is 5.91 Å². The number of nitrogens with two attached hydrogens (primary N) is 1. The van der Waals surface area contributed by atoms with E-state index >= 15 is 0 Å². The topological polar surface area (TPSA) is 85.3 Å². The maximum atomic E-state index is 12.4. The van der Waals surface area contributed by atoms with E-state index in [9.17, 15) is 4.79 Å². The lowest BCUT2D eigenvalue weighted by Gasteiger charge is -2.10. The molecule has 0 radical (unpaired) electrons. The molecule has 3 N–H and O–H groups in total. The van der Waals surface area contributed by atoms with Crippen LogP contribution in [0.2, 0.25) is 0 Å². The van der Waals surface area contributed by atoms with Crippen molar-refractivity contribution < 1.29 is 4.79 Å². The summed E-state index contributed by atoms with van der Waals surface area (Å²) >= 11 is 0. The Morgan fingerprint density at radius 1 is 1.33 bits per heavy atom. The van der Waals surface area contributed by atoms with Crippen molar-refractivity contribution in [3.8, 4) is 0 Å². The normalized spacial score (nSPS) is 17.0. The van der Waals surface area contributed by atoms with Crippen LogP contribution in [-0.2, 0) is 4.79 Å². The number of aromatic nitrogens is 3. The molecule has 1 unspecified atom stereocenters. The van der Waals surface area contributed by atoms with Gasteiger partial charge < -0.3 is 11.1 Å². The van der Waals surface area contributed by atoms with Crippen molar-refractivity contribution in [1.29, 1.82) is 0 Å². The van der Waals surface area contributed by atoms with Crippen LogP contribution < -0.4 is 11.1 Å². The largest absolute Gasteiger partial charge is 0.397 e. The number of nitrogens with one attached hydrogen (secondary N) is 1. The molecule has 21 heavy (non-hydrogen) atoms. The molecule has 1 aliphatic heterocycles. The smallest absolute Gasteiger partial charge is 0.238 e. The Morgan fingerprint density at radius 3 is 3.00 bits per heavy atom. The molecular weight excluding hydrogens is 266 g/mol. The standard InChI is InChI=1S/C15H13N5O/c1-8-10(16)6-20-14(8)13(17-7-18-20)12-9-4-2-3-5-11(9)19-15(12)21/h2-7,12H,16H2,1H3,(H,19,21). The van der Waals surface area contributed by atoms with Crippen LogP contribution in [0.1, 0.15) is 22.7 Å². The average molecular weight is 279 g/mol. The predicted octanol–water partition coefficient (Wildman–Crippen LogP) is 1.70. The van der Waals surface area contributed by atoms with Crippen LogP contribution in [-0.4, -0.2) is 20.5 Å². The van der Waals surface area contributed by atoms with Gasteiger partial charge in [-0.2, -0.15) is 5.10 Å². The van der Waals surface area contributed by atoms with Gasteiger partial charge in [0, 0.05) is 11.3 Å². The third-order valence-electron chi connectivity index (χ3n) is 3.96. The lowest BCUT2D eigenvalue weighted by molar-refractivity contribution is -0.116. The number of anilines is 2. The van der Waals surface area contributed by atoms with E-state index in [1.54, 1.807) is 10.7 Å². The van der Waals surface area contributed by atoms with Crippen LogP contribution in [0.5, 0.6) is 0 Å². The molecule has 0 fully saturated rings. The first-order valence-corrected chi connectivity index (χ1v) is 6.65. The Hall–Kier alpha value is -2.89. The summed E-state index contributed by atoms with van der Waals surface area (Å²) in [5, 5.41) is 7.07. The van der Waals surface area contributed by atoms with Gasteiger partial charge in [0.15, 0.2) is 0 Å². The van der Waals surface area contributed by atoms with Crippen LogP contribution >= 0.6 is 0 Å². The van der Waals surface area contributed by atoms with Crippen molar-refractivity contribution in [3.05, 3.63) is 53.6 Å². The van der Waals surface area contributed by atoms with Gasteiger partial charge in [0.25, 0.3) is 0 Å². The van der Waals surface area contributed by atoms with Crippen LogP contribution in [0.25, 0.3) is 5.52 Å². The highest BCUT2D eigenvalue weighted by molar-refractivity contribution is 6.05. The van der Waals surface area contributed by atoms with Gasteiger partial charge in [-0.3, -0.25) is 4.79 Å². The van der Waals surface area contributed by atoms with Gasteiger partial charge >= 0.3 is 0 Å². The van der Waals surface area contributed by atoms with Crippen LogP contribution in [0.3, 0.4) is 0 Å². The zero-order valence-electron chi connectivity index (χ0n) is 11.4. The van der Waals surface area contributed by atoms with Crippen molar-refractivity contribution in [2.24, 2.45) is 0 Å². The van der Waals surface area contributed by atoms with Crippen LogP contribution in [0, 0.1) is 6.92 Å². The fourth-order valence-corrected chi connectivity index (χ4v) is 2.90. The first kappa shape index (κ1) is 11.9. The Balaban J connectivity index is 2.01. The SMILES string of the molecule is Cc1c(N)cn2ncnc(C3C(=O)Nc4ccccc43)c12. The molecule has 2 aromatic heterocycles. The summed E-state index contributed by atoms with van der Waals surface area (Å²) in [5.74, 6) is -0.504. The first-order chi connectivity index (χ1) is 10.2. The number of benzene rings is 1. The quantitative estimate of drug-likeness (QED) is 0.710. The molecule has 3 aromatic rings. The minimum Gasteiger partial charge on any atom is -0.397 e. The van der Waals surface area contributed by atoms with Crippen molar-refractivity contribution >= 4 is 22.8 Å². The molecule has 6 heteroatoms. The monoisotopic (exact) mass is 279 g/mol. The number of para-hydroxylation sites is 1. The number of nitrogen functional groups attached to an aromatic ring is 1. The molecule has 0 saturated heterocycles. The van der Waals surface area contributed by atoms with E-state index in [0.29, 0.717) is 11.4 Å². The molecule has 0 aliphatic carbocycles. The highest BCUT2D eigenvalue weighted by Crippen LogP contribution is 2.38.